The molecule has 0 saturated heterocycles. The Labute approximate surface area is 119 Å². The lowest BCUT2D eigenvalue weighted by Gasteiger charge is -2.08. The molecule has 0 amide bonds. The van der Waals surface area contributed by atoms with Crippen molar-refractivity contribution in [1.82, 2.24) is 0 Å². The van der Waals surface area contributed by atoms with E-state index in [9.17, 15) is 4.79 Å². The molecule has 19 heavy (non-hydrogen) atoms. The second-order valence-corrected chi connectivity index (χ2v) is 5.98. The highest BCUT2D eigenvalue weighted by molar-refractivity contribution is 5.95. The number of ketones is 1. The van der Waals surface area contributed by atoms with E-state index in [0.29, 0.717) is 5.78 Å². The average molecular weight is 264 g/mol. The van der Waals surface area contributed by atoms with E-state index in [4.69, 9.17) is 0 Å². The molecule has 0 aromatic carbocycles. The minimum absolute atomic E-state index is 0.412. The van der Waals surface area contributed by atoms with Gasteiger partial charge in [-0.2, -0.15) is 0 Å². The van der Waals surface area contributed by atoms with Gasteiger partial charge >= 0.3 is 0 Å². The van der Waals surface area contributed by atoms with Gasteiger partial charge in [0.2, 0.25) is 0 Å². The van der Waals surface area contributed by atoms with Crippen LogP contribution in [0.1, 0.15) is 96.8 Å². The summed E-state index contributed by atoms with van der Waals surface area (Å²) in [5.74, 6) is 0.412. The molecule has 0 spiro atoms. The van der Waals surface area contributed by atoms with Crippen molar-refractivity contribution < 1.29 is 4.79 Å². The summed E-state index contributed by atoms with van der Waals surface area (Å²) in [6.07, 6.45) is 19.7. The molecule has 1 aliphatic rings. The van der Waals surface area contributed by atoms with Crippen LogP contribution >= 0.6 is 0 Å². The first-order chi connectivity index (χ1) is 9.34. The van der Waals surface area contributed by atoms with Gasteiger partial charge in [0.05, 0.1) is 0 Å². The number of hydrogen-bond donors (Lipinski definition) is 0. The van der Waals surface area contributed by atoms with Gasteiger partial charge in [-0.3, -0.25) is 4.79 Å². The monoisotopic (exact) mass is 264 g/mol. The van der Waals surface area contributed by atoms with E-state index in [1.807, 2.05) is 13.0 Å². The molecule has 1 heteroatoms. The van der Waals surface area contributed by atoms with Crippen LogP contribution in [0.4, 0.5) is 0 Å². The maximum atomic E-state index is 12.1. The van der Waals surface area contributed by atoms with Crippen molar-refractivity contribution >= 4 is 5.78 Å². The lowest BCUT2D eigenvalue weighted by atomic mass is 9.97. The van der Waals surface area contributed by atoms with Crippen molar-refractivity contribution in [3.63, 3.8) is 0 Å². The van der Waals surface area contributed by atoms with Gasteiger partial charge in [-0.25, -0.2) is 0 Å². The zero-order valence-electron chi connectivity index (χ0n) is 12.9. The van der Waals surface area contributed by atoms with E-state index in [2.05, 4.69) is 0 Å². The topological polar surface area (TPSA) is 17.1 Å². The van der Waals surface area contributed by atoms with Crippen molar-refractivity contribution in [1.29, 1.82) is 0 Å². The fourth-order valence-electron chi connectivity index (χ4n) is 2.97. The summed E-state index contributed by atoms with van der Waals surface area (Å²) in [4.78, 5) is 12.1. The van der Waals surface area contributed by atoms with E-state index in [1.165, 1.54) is 70.6 Å². The lowest BCUT2D eigenvalue weighted by molar-refractivity contribution is -0.115. The quantitative estimate of drug-likeness (QED) is 0.492. The molecule has 0 aliphatic heterocycles. The first-order valence-electron chi connectivity index (χ1n) is 8.53. The first kappa shape index (κ1) is 16.5. The highest BCUT2D eigenvalue weighted by Gasteiger charge is 2.08. The molecule has 1 fully saturated rings. The lowest BCUT2D eigenvalue weighted by Crippen LogP contribution is -2.03. The first-order valence-corrected chi connectivity index (χ1v) is 8.53. The predicted molar refractivity (Wildman–Crippen MR) is 83.4 cm³/mol. The maximum absolute atomic E-state index is 12.1. The molecule has 0 aromatic rings. The van der Waals surface area contributed by atoms with Gasteiger partial charge in [0.25, 0.3) is 0 Å². The van der Waals surface area contributed by atoms with Crippen LogP contribution in [0.3, 0.4) is 0 Å². The van der Waals surface area contributed by atoms with E-state index in [0.717, 1.165) is 24.8 Å². The maximum Gasteiger partial charge on any atom is 0.158 e. The van der Waals surface area contributed by atoms with Gasteiger partial charge in [-0.1, -0.05) is 70.3 Å². The summed E-state index contributed by atoms with van der Waals surface area (Å²) < 4.78 is 0. The van der Waals surface area contributed by atoms with Gasteiger partial charge in [0.1, 0.15) is 0 Å². The Kier molecular flexibility index (Phi) is 9.75. The Balaban J connectivity index is 2.33. The normalized spacial score (nSPS) is 24.5. The number of Topliss-reactive ketones (excluding diaryl/α,β-unsaturated/α-hetero) is 1. The summed E-state index contributed by atoms with van der Waals surface area (Å²) in [7, 11) is 0. The summed E-state index contributed by atoms with van der Waals surface area (Å²) in [5, 5.41) is 0. The molecule has 0 atom stereocenters. The minimum Gasteiger partial charge on any atom is -0.295 e. The molecule has 1 nitrogen and oxygen atoms in total. The second-order valence-electron chi connectivity index (χ2n) is 5.98. The Morgan fingerprint density at radius 3 is 1.42 bits per heavy atom. The summed E-state index contributed by atoms with van der Waals surface area (Å²) in [6.45, 7) is 2.02. The number of carbonyl (C=O) groups is 1. The minimum atomic E-state index is 0.412. The molecule has 0 unspecified atom stereocenters. The van der Waals surface area contributed by atoms with E-state index in [-0.39, 0.29) is 0 Å². The number of rotatable bonds is 0. The highest BCUT2D eigenvalue weighted by atomic mass is 16.1. The van der Waals surface area contributed by atoms with E-state index in [1.54, 1.807) is 0 Å². The average Bonchev–Trinajstić information content (AvgIpc) is 2.42. The Bertz CT molecular complexity index is 265. The van der Waals surface area contributed by atoms with Crippen molar-refractivity contribution in [2.75, 3.05) is 0 Å². The highest BCUT2D eigenvalue weighted by Crippen LogP contribution is 2.17. The second kappa shape index (κ2) is 11.3. The molecule has 1 rings (SSSR count). The molecule has 0 aromatic heterocycles. The standard InChI is InChI=1S/C18H32O/c1-2-17-15-13-11-9-7-5-3-4-6-8-10-12-14-16-18(17)19/h2H,3-16H2,1H3/b17-2+. The van der Waals surface area contributed by atoms with Gasteiger partial charge in [-0.05, 0) is 31.8 Å². The van der Waals surface area contributed by atoms with Crippen LogP contribution in [-0.2, 0) is 4.79 Å². The van der Waals surface area contributed by atoms with Crippen LogP contribution in [0.25, 0.3) is 0 Å². The van der Waals surface area contributed by atoms with Crippen LogP contribution in [0.5, 0.6) is 0 Å². The molecule has 110 valence electrons. The van der Waals surface area contributed by atoms with Gasteiger partial charge in [-0.15, -0.1) is 0 Å². The molecule has 0 bridgehead atoms. The van der Waals surface area contributed by atoms with Crippen LogP contribution < -0.4 is 0 Å². The van der Waals surface area contributed by atoms with E-state index < -0.39 is 0 Å². The molecule has 0 radical (unpaired) electrons. The SMILES string of the molecule is C/C=C1\CCCCCCCCCCCCCCC1=O. The van der Waals surface area contributed by atoms with Crippen LogP contribution in [0.2, 0.25) is 0 Å². The summed E-state index contributed by atoms with van der Waals surface area (Å²) in [5.41, 5.74) is 1.09. The summed E-state index contributed by atoms with van der Waals surface area (Å²) in [6, 6.07) is 0. The zero-order chi connectivity index (χ0) is 13.8. The van der Waals surface area contributed by atoms with Crippen molar-refractivity contribution in [2.45, 2.75) is 96.8 Å². The Hall–Kier alpha value is -0.590. The van der Waals surface area contributed by atoms with Gasteiger partial charge < -0.3 is 0 Å². The third-order valence-corrected chi connectivity index (χ3v) is 4.31. The fourth-order valence-corrected chi connectivity index (χ4v) is 2.97. The van der Waals surface area contributed by atoms with Crippen LogP contribution in [0, 0.1) is 0 Å². The molecule has 0 heterocycles. The Morgan fingerprint density at radius 2 is 1.00 bits per heavy atom. The molecular formula is C18H32O. The number of allylic oxidation sites excluding steroid dienone is 2. The van der Waals surface area contributed by atoms with Crippen molar-refractivity contribution in [3.05, 3.63) is 11.6 Å². The third-order valence-electron chi connectivity index (χ3n) is 4.31. The molecule has 1 aliphatic carbocycles. The zero-order valence-corrected chi connectivity index (χ0v) is 12.9. The molecular weight excluding hydrogens is 232 g/mol. The third kappa shape index (κ3) is 8.23. The van der Waals surface area contributed by atoms with Crippen molar-refractivity contribution in [2.24, 2.45) is 0 Å². The predicted octanol–water partition coefficient (Wildman–Crippen LogP) is 5.98. The van der Waals surface area contributed by atoms with Crippen molar-refractivity contribution in [3.8, 4) is 0 Å². The smallest absolute Gasteiger partial charge is 0.158 e. The summed E-state index contributed by atoms with van der Waals surface area (Å²) >= 11 is 0. The molecule has 0 N–H and O–H groups in total. The van der Waals surface area contributed by atoms with Gasteiger partial charge in [0, 0.05) is 6.42 Å². The molecule has 1 saturated carbocycles. The number of hydrogen-bond acceptors (Lipinski definition) is 1. The fraction of sp³-hybridized carbons (Fsp3) is 0.833. The van der Waals surface area contributed by atoms with E-state index >= 15 is 0 Å². The largest absolute Gasteiger partial charge is 0.295 e. The van der Waals surface area contributed by atoms with Crippen LogP contribution in [-0.4, -0.2) is 5.78 Å². The van der Waals surface area contributed by atoms with Gasteiger partial charge in [0.15, 0.2) is 5.78 Å². The number of carbonyl (C=O) groups excluding carboxylic acids is 1. The van der Waals surface area contributed by atoms with Crippen LogP contribution in [0.15, 0.2) is 11.6 Å². The Morgan fingerprint density at radius 1 is 0.632 bits per heavy atom.